The maximum Gasteiger partial charge on any atom is 0.319 e. The minimum absolute atomic E-state index is 0.0565. The Balaban J connectivity index is 2.45. The van der Waals surface area contributed by atoms with Crippen molar-refractivity contribution < 1.29 is 23.9 Å². The second-order valence-corrected chi connectivity index (χ2v) is 6.31. The molecule has 0 saturated heterocycles. The molecule has 26 heavy (non-hydrogen) atoms. The van der Waals surface area contributed by atoms with Crippen LogP contribution in [-0.4, -0.2) is 37.3 Å². The molecule has 0 aromatic heterocycles. The third-order valence-corrected chi connectivity index (χ3v) is 4.77. The third kappa shape index (κ3) is 4.24. The Labute approximate surface area is 155 Å². The number of nitrogens with zero attached hydrogens (tertiary/aromatic N) is 1. The zero-order chi connectivity index (χ0) is 19.1. The normalized spacial score (nSPS) is 19.3. The zero-order valence-corrected chi connectivity index (χ0v) is 15.2. The monoisotopic (exact) mass is 374 g/mol. The molecular weight excluding hydrogens is 356 g/mol. The molecule has 1 amide bonds. The van der Waals surface area contributed by atoms with Crippen LogP contribution in [0, 0.1) is 17.2 Å². The van der Waals surface area contributed by atoms with Gasteiger partial charge in [0.2, 0.25) is 5.91 Å². The van der Waals surface area contributed by atoms with Gasteiger partial charge in [0.05, 0.1) is 36.1 Å². The number of hydrogen-bond acceptors (Lipinski definition) is 7. The summed E-state index contributed by atoms with van der Waals surface area (Å²) in [6.07, 6.45) is 0. The highest BCUT2D eigenvalue weighted by molar-refractivity contribution is 8.03. The van der Waals surface area contributed by atoms with Crippen molar-refractivity contribution in [3.8, 4) is 6.07 Å². The van der Waals surface area contributed by atoms with Gasteiger partial charge in [-0.2, -0.15) is 5.26 Å². The number of allylic oxidation sites excluding steroid dienone is 1. The number of nitrogens with one attached hydrogen (secondary N) is 1. The van der Waals surface area contributed by atoms with Gasteiger partial charge in [0.25, 0.3) is 0 Å². The van der Waals surface area contributed by atoms with Crippen LogP contribution < -0.4 is 5.32 Å². The van der Waals surface area contributed by atoms with Crippen molar-refractivity contribution in [3.63, 3.8) is 0 Å². The maximum atomic E-state index is 12.5. The Hall–Kier alpha value is -2.79. The van der Waals surface area contributed by atoms with Crippen molar-refractivity contribution in [3.05, 3.63) is 46.5 Å². The Kier molecular flexibility index (Phi) is 6.81. The van der Waals surface area contributed by atoms with Gasteiger partial charge >= 0.3 is 11.9 Å². The number of thioether (sulfide) groups is 1. The predicted octanol–water partition coefficient (Wildman–Crippen LogP) is 1.72. The molecule has 1 aromatic carbocycles. The average molecular weight is 374 g/mol. The van der Waals surface area contributed by atoms with E-state index in [0.717, 1.165) is 11.8 Å². The van der Waals surface area contributed by atoms with Crippen molar-refractivity contribution in [1.82, 2.24) is 5.32 Å². The Bertz CT molecular complexity index is 770. The van der Waals surface area contributed by atoms with Gasteiger partial charge in [0.1, 0.15) is 5.92 Å². The molecule has 8 heteroatoms. The molecule has 0 saturated carbocycles. The van der Waals surface area contributed by atoms with E-state index in [4.69, 9.17) is 9.47 Å². The van der Waals surface area contributed by atoms with Gasteiger partial charge in [-0.1, -0.05) is 42.1 Å². The standard InChI is InChI=1S/C18H18N2O5S/c1-3-25-13(21)10-26-17-12(9-19)14(11-7-5-4-6-8-11)15(16(22)20-17)18(23)24-2/h4-8,14-15H,3,10H2,1-2H3,(H,20,22)/t14-,15+/m0/s1. The van der Waals surface area contributed by atoms with Gasteiger partial charge in [-0.15, -0.1) is 0 Å². The molecule has 1 N–H and O–H groups in total. The number of carbonyl (C=O) groups excluding carboxylic acids is 3. The van der Waals surface area contributed by atoms with E-state index in [1.165, 1.54) is 7.11 Å². The van der Waals surface area contributed by atoms with Crippen LogP contribution in [0.2, 0.25) is 0 Å². The lowest BCUT2D eigenvalue weighted by molar-refractivity contribution is -0.150. The highest BCUT2D eigenvalue weighted by Crippen LogP contribution is 2.39. The average Bonchev–Trinajstić information content (AvgIpc) is 2.66. The van der Waals surface area contributed by atoms with Crippen molar-refractivity contribution in [2.75, 3.05) is 19.5 Å². The molecule has 1 aromatic rings. The van der Waals surface area contributed by atoms with E-state index in [-0.39, 0.29) is 23.0 Å². The van der Waals surface area contributed by atoms with Gasteiger partial charge in [-0.25, -0.2) is 0 Å². The smallest absolute Gasteiger partial charge is 0.319 e. The van der Waals surface area contributed by atoms with E-state index in [1.54, 1.807) is 37.3 Å². The quantitative estimate of drug-likeness (QED) is 0.597. The molecule has 2 rings (SSSR count). The lowest BCUT2D eigenvalue weighted by Gasteiger charge is -2.30. The topological polar surface area (TPSA) is 105 Å². The Morgan fingerprint density at radius 1 is 1.31 bits per heavy atom. The van der Waals surface area contributed by atoms with Gasteiger partial charge < -0.3 is 14.8 Å². The minimum Gasteiger partial charge on any atom is -0.468 e. The van der Waals surface area contributed by atoms with E-state index in [0.29, 0.717) is 5.56 Å². The largest absolute Gasteiger partial charge is 0.468 e. The summed E-state index contributed by atoms with van der Waals surface area (Å²) in [5.41, 5.74) is 0.851. The number of benzene rings is 1. The van der Waals surface area contributed by atoms with Crippen molar-refractivity contribution in [2.45, 2.75) is 12.8 Å². The van der Waals surface area contributed by atoms with E-state index in [2.05, 4.69) is 11.4 Å². The first-order valence-electron chi connectivity index (χ1n) is 7.89. The fraction of sp³-hybridized carbons (Fsp3) is 0.333. The van der Waals surface area contributed by atoms with E-state index in [9.17, 15) is 19.6 Å². The number of nitriles is 1. The molecule has 136 valence electrons. The predicted molar refractivity (Wildman–Crippen MR) is 94.6 cm³/mol. The number of methoxy groups -OCH3 is 1. The van der Waals surface area contributed by atoms with E-state index in [1.807, 2.05) is 0 Å². The summed E-state index contributed by atoms with van der Waals surface area (Å²) in [5, 5.41) is 12.5. The number of esters is 2. The summed E-state index contributed by atoms with van der Waals surface area (Å²) in [4.78, 5) is 36.3. The molecule has 2 atom stereocenters. The van der Waals surface area contributed by atoms with Crippen LogP contribution in [0.1, 0.15) is 18.4 Å². The molecule has 0 spiro atoms. The third-order valence-electron chi connectivity index (χ3n) is 3.78. The summed E-state index contributed by atoms with van der Waals surface area (Å²) in [7, 11) is 1.19. The summed E-state index contributed by atoms with van der Waals surface area (Å²) in [6.45, 7) is 1.93. The van der Waals surface area contributed by atoms with Crippen LogP contribution in [-0.2, 0) is 23.9 Å². The van der Waals surface area contributed by atoms with Crippen molar-refractivity contribution in [1.29, 1.82) is 5.26 Å². The molecule has 0 aliphatic carbocycles. The van der Waals surface area contributed by atoms with Crippen molar-refractivity contribution >= 4 is 29.6 Å². The molecule has 7 nitrogen and oxygen atoms in total. The second kappa shape index (κ2) is 9.06. The van der Waals surface area contributed by atoms with Crippen LogP contribution >= 0.6 is 11.8 Å². The molecule has 0 fully saturated rings. The van der Waals surface area contributed by atoms with Crippen LogP contribution in [0.25, 0.3) is 0 Å². The van der Waals surface area contributed by atoms with E-state index >= 15 is 0 Å². The summed E-state index contributed by atoms with van der Waals surface area (Å²) in [5.74, 6) is -3.77. The van der Waals surface area contributed by atoms with Crippen LogP contribution in [0.15, 0.2) is 40.9 Å². The van der Waals surface area contributed by atoms with Gasteiger partial charge in [-0.3, -0.25) is 14.4 Å². The lowest BCUT2D eigenvalue weighted by Crippen LogP contribution is -2.44. The number of amides is 1. The number of carbonyl (C=O) groups is 3. The Morgan fingerprint density at radius 3 is 2.58 bits per heavy atom. The molecule has 1 aliphatic heterocycles. The number of ether oxygens (including phenoxy) is 2. The van der Waals surface area contributed by atoms with Crippen LogP contribution in [0.5, 0.6) is 0 Å². The fourth-order valence-corrected chi connectivity index (χ4v) is 3.52. The van der Waals surface area contributed by atoms with Gasteiger partial charge in [0, 0.05) is 5.92 Å². The SMILES string of the molecule is CCOC(=O)CSC1=C(C#N)[C@H](c2ccccc2)[C@@H](C(=O)OC)C(=O)N1. The second-order valence-electron chi connectivity index (χ2n) is 5.33. The van der Waals surface area contributed by atoms with Crippen molar-refractivity contribution in [2.24, 2.45) is 5.92 Å². The first-order chi connectivity index (χ1) is 12.5. The molecular formula is C18H18N2O5S. The summed E-state index contributed by atoms with van der Waals surface area (Å²) in [6, 6.07) is 10.9. The minimum atomic E-state index is -1.18. The van der Waals surface area contributed by atoms with Gasteiger partial charge in [0.15, 0.2) is 0 Å². The van der Waals surface area contributed by atoms with E-state index < -0.39 is 29.7 Å². The molecule has 1 aliphatic rings. The molecule has 0 radical (unpaired) electrons. The van der Waals surface area contributed by atoms with Gasteiger partial charge in [-0.05, 0) is 12.5 Å². The van der Waals surface area contributed by atoms with Crippen LogP contribution in [0.3, 0.4) is 0 Å². The lowest BCUT2D eigenvalue weighted by atomic mass is 9.78. The first kappa shape index (κ1) is 19.5. The highest BCUT2D eigenvalue weighted by atomic mass is 32.2. The maximum absolute atomic E-state index is 12.5. The first-order valence-corrected chi connectivity index (χ1v) is 8.88. The summed E-state index contributed by atoms with van der Waals surface area (Å²) >= 11 is 1.00. The Morgan fingerprint density at radius 2 is 2.00 bits per heavy atom. The fourth-order valence-electron chi connectivity index (χ4n) is 2.67. The molecule has 0 unspecified atom stereocenters. The number of rotatable bonds is 6. The highest BCUT2D eigenvalue weighted by Gasteiger charge is 2.44. The molecule has 0 bridgehead atoms. The number of hydrogen-bond donors (Lipinski definition) is 1. The summed E-state index contributed by atoms with van der Waals surface area (Å²) < 4.78 is 9.62. The molecule has 1 heterocycles. The zero-order valence-electron chi connectivity index (χ0n) is 14.4. The van der Waals surface area contributed by atoms with Crippen LogP contribution in [0.4, 0.5) is 0 Å².